The van der Waals surface area contributed by atoms with E-state index in [1.54, 1.807) is 6.92 Å². The molecule has 4 heteroatoms. The van der Waals surface area contributed by atoms with Crippen molar-refractivity contribution < 1.29 is 0 Å². The average molecular weight is 265 g/mol. The largest absolute Gasteiger partial charge is 0.305 e. The monoisotopic (exact) mass is 265 g/mol. The highest BCUT2D eigenvalue weighted by Gasteiger charge is 2.09. The van der Waals surface area contributed by atoms with E-state index in [1.165, 1.54) is 0 Å². The molecule has 0 saturated heterocycles. The summed E-state index contributed by atoms with van der Waals surface area (Å²) >= 11 is 0. The summed E-state index contributed by atoms with van der Waals surface area (Å²) in [5.41, 5.74) is 2.99. The van der Waals surface area contributed by atoms with Crippen LogP contribution in [0.5, 0.6) is 0 Å². The normalized spacial score (nSPS) is 10.9. The number of aryl methyl sites for hydroxylation is 1. The van der Waals surface area contributed by atoms with Crippen molar-refractivity contribution in [2.45, 2.75) is 20.3 Å². The Kier molecular flexibility index (Phi) is 3.06. The van der Waals surface area contributed by atoms with Gasteiger partial charge < -0.3 is 4.98 Å². The molecule has 0 radical (unpaired) electrons. The molecule has 0 saturated carbocycles. The van der Waals surface area contributed by atoms with Gasteiger partial charge in [-0.25, -0.2) is 9.97 Å². The van der Waals surface area contributed by atoms with E-state index in [0.717, 1.165) is 23.0 Å². The highest BCUT2D eigenvalue weighted by atomic mass is 16.1. The van der Waals surface area contributed by atoms with Gasteiger partial charge in [-0.3, -0.25) is 4.79 Å². The van der Waals surface area contributed by atoms with Gasteiger partial charge in [-0.15, -0.1) is 0 Å². The minimum atomic E-state index is -0.0955. The number of aromatic nitrogens is 3. The molecule has 1 N–H and O–H groups in total. The zero-order valence-corrected chi connectivity index (χ0v) is 11.5. The summed E-state index contributed by atoms with van der Waals surface area (Å²) in [6.07, 6.45) is 0.732. The molecule has 0 bridgehead atoms. The number of nitrogens with zero attached hydrogens (tertiary/aromatic N) is 2. The van der Waals surface area contributed by atoms with Crippen molar-refractivity contribution in [1.29, 1.82) is 0 Å². The molecular formula is C16H15N3O. The van der Waals surface area contributed by atoms with Gasteiger partial charge in [0.25, 0.3) is 5.56 Å². The van der Waals surface area contributed by atoms with E-state index in [9.17, 15) is 4.79 Å². The van der Waals surface area contributed by atoms with Crippen molar-refractivity contribution in [2.75, 3.05) is 0 Å². The lowest BCUT2D eigenvalue weighted by Crippen LogP contribution is -2.16. The minimum absolute atomic E-state index is 0.0955. The first-order valence-corrected chi connectivity index (χ1v) is 6.65. The van der Waals surface area contributed by atoms with Gasteiger partial charge in [-0.2, -0.15) is 0 Å². The third-order valence-electron chi connectivity index (χ3n) is 3.43. The van der Waals surface area contributed by atoms with Crippen molar-refractivity contribution in [2.24, 2.45) is 0 Å². The molecule has 0 atom stereocenters. The summed E-state index contributed by atoms with van der Waals surface area (Å²) < 4.78 is 0. The summed E-state index contributed by atoms with van der Waals surface area (Å²) in [6, 6.07) is 11.8. The highest BCUT2D eigenvalue weighted by molar-refractivity contribution is 5.80. The van der Waals surface area contributed by atoms with Gasteiger partial charge in [0.1, 0.15) is 5.69 Å². The average Bonchev–Trinajstić information content (AvgIpc) is 2.49. The first-order chi connectivity index (χ1) is 9.69. The number of pyridine rings is 1. The lowest BCUT2D eigenvalue weighted by molar-refractivity contribution is 0.950. The molecule has 2 heterocycles. The van der Waals surface area contributed by atoms with Crippen molar-refractivity contribution in [3.05, 3.63) is 58.0 Å². The van der Waals surface area contributed by atoms with Gasteiger partial charge in [-0.05, 0) is 25.5 Å². The van der Waals surface area contributed by atoms with Gasteiger partial charge in [0.15, 0.2) is 5.82 Å². The Balaban J connectivity index is 2.20. The number of fused-ring (bicyclic) bond motifs is 1. The molecular weight excluding hydrogens is 250 g/mol. The van der Waals surface area contributed by atoms with Crippen molar-refractivity contribution in [3.63, 3.8) is 0 Å². The van der Waals surface area contributed by atoms with E-state index in [0.29, 0.717) is 17.1 Å². The first-order valence-electron chi connectivity index (χ1n) is 6.65. The Hall–Kier alpha value is -2.49. The highest BCUT2D eigenvalue weighted by Crippen LogP contribution is 2.18. The molecule has 1 aromatic carbocycles. The summed E-state index contributed by atoms with van der Waals surface area (Å²) in [5.74, 6) is 0.531. The molecule has 4 nitrogen and oxygen atoms in total. The molecule has 0 aliphatic heterocycles. The van der Waals surface area contributed by atoms with Crippen LogP contribution >= 0.6 is 0 Å². The minimum Gasteiger partial charge on any atom is -0.305 e. The molecule has 3 aromatic rings. The van der Waals surface area contributed by atoms with Crippen LogP contribution in [0.1, 0.15) is 18.2 Å². The van der Waals surface area contributed by atoms with Gasteiger partial charge in [0, 0.05) is 10.9 Å². The maximum Gasteiger partial charge on any atom is 0.254 e. The van der Waals surface area contributed by atoms with Crippen LogP contribution in [0.4, 0.5) is 0 Å². The summed E-state index contributed by atoms with van der Waals surface area (Å²) in [4.78, 5) is 23.8. The van der Waals surface area contributed by atoms with Crippen molar-refractivity contribution in [3.8, 4) is 11.5 Å². The SMILES string of the molecule is CCc1nc(-c2ccc3ccccc3n2)[nH]c(=O)c1C. The second-order valence-electron chi connectivity index (χ2n) is 4.73. The predicted molar refractivity (Wildman–Crippen MR) is 79.7 cm³/mol. The molecule has 20 heavy (non-hydrogen) atoms. The molecule has 0 fully saturated rings. The van der Waals surface area contributed by atoms with Crippen LogP contribution in [0.25, 0.3) is 22.4 Å². The second kappa shape index (κ2) is 4.89. The lowest BCUT2D eigenvalue weighted by atomic mass is 10.2. The van der Waals surface area contributed by atoms with Crippen LogP contribution in [-0.4, -0.2) is 15.0 Å². The number of hydrogen-bond donors (Lipinski definition) is 1. The van der Waals surface area contributed by atoms with Crippen molar-refractivity contribution in [1.82, 2.24) is 15.0 Å². The standard InChI is InChI=1S/C16H15N3O/c1-3-12-10(2)16(20)19-15(18-12)14-9-8-11-6-4-5-7-13(11)17-14/h4-9H,3H2,1-2H3,(H,18,19,20). The van der Waals surface area contributed by atoms with Crippen molar-refractivity contribution >= 4 is 10.9 Å². The van der Waals surface area contributed by atoms with Crippen LogP contribution in [0.2, 0.25) is 0 Å². The Bertz CT molecular complexity index is 836. The van der Waals surface area contributed by atoms with Gasteiger partial charge in [0.05, 0.1) is 11.2 Å². The third kappa shape index (κ3) is 2.09. The van der Waals surface area contributed by atoms with Crippen LogP contribution < -0.4 is 5.56 Å². The first kappa shape index (κ1) is 12.5. The zero-order valence-electron chi connectivity index (χ0n) is 11.5. The van der Waals surface area contributed by atoms with E-state index in [-0.39, 0.29) is 5.56 Å². The third-order valence-corrected chi connectivity index (χ3v) is 3.43. The fourth-order valence-corrected chi connectivity index (χ4v) is 2.24. The maximum absolute atomic E-state index is 11.9. The fraction of sp³-hybridized carbons (Fsp3) is 0.188. The molecule has 0 aliphatic carbocycles. The number of aromatic amines is 1. The molecule has 100 valence electrons. The van der Waals surface area contributed by atoms with Gasteiger partial charge in [0.2, 0.25) is 0 Å². The van der Waals surface area contributed by atoms with Crippen LogP contribution in [0, 0.1) is 6.92 Å². The topological polar surface area (TPSA) is 58.6 Å². The second-order valence-corrected chi connectivity index (χ2v) is 4.73. The summed E-state index contributed by atoms with van der Waals surface area (Å²) in [7, 11) is 0. The molecule has 0 spiro atoms. The van der Waals surface area contributed by atoms with Crippen LogP contribution in [-0.2, 0) is 6.42 Å². The Morgan fingerprint density at radius 3 is 2.70 bits per heavy atom. The molecule has 0 unspecified atom stereocenters. The van der Waals surface area contributed by atoms with Gasteiger partial charge in [-0.1, -0.05) is 31.2 Å². The van der Waals surface area contributed by atoms with Crippen LogP contribution in [0.15, 0.2) is 41.2 Å². The van der Waals surface area contributed by atoms with Gasteiger partial charge >= 0.3 is 0 Å². The summed E-state index contributed by atoms with van der Waals surface area (Å²) in [6.45, 7) is 3.79. The fourth-order valence-electron chi connectivity index (χ4n) is 2.24. The number of benzene rings is 1. The molecule has 0 amide bonds. The Labute approximate surface area is 116 Å². The number of nitrogens with one attached hydrogen (secondary N) is 1. The Morgan fingerprint density at radius 1 is 1.10 bits per heavy atom. The van der Waals surface area contributed by atoms with E-state index < -0.39 is 0 Å². The smallest absolute Gasteiger partial charge is 0.254 e. The summed E-state index contributed by atoms with van der Waals surface area (Å²) in [5, 5.41) is 1.07. The zero-order chi connectivity index (χ0) is 14.1. The molecule has 3 rings (SSSR count). The quantitative estimate of drug-likeness (QED) is 0.775. The van der Waals surface area contributed by atoms with Crippen LogP contribution in [0.3, 0.4) is 0 Å². The number of para-hydroxylation sites is 1. The molecule has 2 aromatic heterocycles. The van der Waals surface area contributed by atoms with E-state index in [4.69, 9.17) is 0 Å². The number of rotatable bonds is 2. The number of hydrogen-bond acceptors (Lipinski definition) is 3. The van der Waals surface area contributed by atoms with E-state index in [1.807, 2.05) is 43.3 Å². The number of H-pyrrole nitrogens is 1. The Morgan fingerprint density at radius 2 is 1.90 bits per heavy atom. The molecule has 0 aliphatic rings. The van der Waals surface area contributed by atoms with E-state index in [2.05, 4.69) is 15.0 Å². The maximum atomic E-state index is 11.9. The predicted octanol–water partition coefficient (Wildman–Crippen LogP) is 2.86. The lowest BCUT2D eigenvalue weighted by Gasteiger charge is -2.06. The van der Waals surface area contributed by atoms with E-state index >= 15 is 0 Å².